The summed E-state index contributed by atoms with van der Waals surface area (Å²) >= 11 is 0. The third-order valence-electron chi connectivity index (χ3n) is 3.07. The number of hydrogen-bond acceptors (Lipinski definition) is 3. The van der Waals surface area contributed by atoms with Crippen LogP contribution in [0.25, 0.3) is 0 Å². The first kappa shape index (κ1) is 15.4. The highest BCUT2D eigenvalue weighted by molar-refractivity contribution is 5.98. The number of rotatable bonds is 7. The van der Waals surface area contributed by atoms with Crippen molar-refractivity contribution in [2.24, 2.45) is 0 Å². The zero-order chi connectivity index (χ0) is 14.3. The van der Waals surface area contributed by atoms with Crippen LogP contribution in [0.15, 0.2) is 18.2 Å². The van der Waals surface area contributed by atoms with Gasteiger partial charge in [0, 0.05) is 31.6 Å². The molecule has 0 aliphatic carbocycles. The molecule has 0 atom stereocenters. The number of hydrogen-bond donors (Lipinski definition) is 2. The number of aryl methyl sites for hydroxylation is 2. The zero-order valence-corrected chi connectivity index (χ0v) is 11.5. The largest absolute Gasteiger partial charge is 0.396 e. The Kier molecular flexibility index (Phi) is 6.22. The molecule has 1 aromatic carbocycles. The van der Waals surface area contributed by atoms with Crippen molar-refractivity contribution in [2.45, 2.75) is 33.1 Å². The average Bonchev–Trinajstić information content (AvgIpc) is 2.39. The Labute approximate surface area is 113 Å². The predicted octanol–water partition coefficient (Wildman–Crippen LogP) is 1.76. The van der Waals surface area contributed by atoms with Gasteiger partial charge in [0.15, 0.2) is 5.78 Å². The summed E-state index contributed by atoms with van der Waals surface area (Å²) in [7, 11) is 0. The van der Waals surface area contributed by atoms with E-state index in [2.05, 4.69) is 5.32 Å². The van der Waals surface area contributed by atoms with Gasteiger partial charge in [-0.1, -0.05) is 12.1 Å². The van der Waals surface area contributed by atoms with E-state index < -0.39 is 0 Å². The summed E-state index contributed by atoms with van der Waals surface area (Å²) in [5.41, 5.74) is 2.89. The first-order valence-electron chi connectivity index (χ1n) is 6.52. The molecule has 0 aliphatic heterocycles. The van der Waals surface area contributed by atoms with Crippen LogP contribution >= 0.6 is 0 Å². The van der Waals surface area contributed by atoms with Crippen LogP contribution in [0.5, 0.6) is 0 Å². The monoisotopic (exact) mass is 263 g/mol. The number of amides is 1. The summed E-state index contributed by atoms with van der Waals surface area (Å²) in [6.45, 7) is 4.47. The van der Waals surface area contributed by atoms with Crippen LogP contribution in [0.2, 0.25) is 0 Å². The summed E-state index contributed by atoms with van der Waals surface area (Å²) in [6.07, 6.45) is 0.946. The van der Waals surface area contributed by atoms with Crippen LogP contribution in [0.4, 0.5) is 0 Å². The SMILES string of the molecule is Cc1ccc(C(=O)CCC(=O)NCCCO)cc1C. The second-order valence-corrected chi connectivity index (χ2v) is 4.65. The van der Waals surface area contributed by atoms with Gasteiger partial charge in [0.2, 0.25) is 5.91 Å². The molecule has 0 bridgehead atoms. The quantitative estimate of drug-likeness (QED) is 0.582. The van der Waals surface area contributed by atoms with Gasteiger partial charge < -0.3 is 10.4 Å². The Morgan fingerprint density at radius 2 is 1.89 bits per heavy atom. The van der Waals surface area contributed by atoms with Gasteiger partial charge in [-0.3, -0.25) is 9.59 Å². The van der Waals surface area contributed by atoms with Gasteiger partial charge in [-0.25, -0.2) is 0 Å². The summed E-state index contributed by atoms with van der Waals surface area (Å²) in [5.74, 6) is -0.161. The van der Waals surface area contributed by atoms with E-state index in [1.807, 2.05) is 26.0 Å². The van der Waals surface area contributed by atoms with Crippen LogP contribution in [0.3, 0.4) is 0 Å². The predicted molar refractivity (Wildman–Crippen MR) is 74.2 cm³/mol. The van der Waals surface area contributed by atoms with Crippen LogP contribution in [0, 0.1) is 13.8 Å². The van der Waals surface area contributed by atoms with Gasteiger partial charge in [0.05, 0.1) is 0 Å². The topological polar surface area (TPSA) is 66.4 Å². The van der Waals surface area contributed by atoms with Crippen LogP contribution in [0.1, 0.15) is 40.7 Å². The van der Waals surface area contributed by atoms with Crippen molar-refractivity contribution in [1.29, 1.82) is 0 Å². The van der Waals surface area contributed by atoms with E-state index in [1.54, 1.807) is 6.07 Å². The molecule has 0 unspecified atom stereocenters. The number of benzene rings is 1. The summed E-state index contributed by atoms with van der Waals surface area (Å²) in [4.78, 5) is 23.4. The van der Waals surface area contributed by atoms with Crippen LogP contribution in [-0.2, 0) is 4.79 Å². The molecule has 2 N–H and O–H groups in total. The lowest BCUT2D eigenvalue weighted by Gasteiger charge is -2.05. The van der Waals surface area contributed by atoms with E-state index in [9.17, 15) is 9.59 Å². The smallest absolute Gasteiger partial charge is 0.220 e. The van der Waals surface area contributed by atoms with E-state index >= 15 is 0 Å². The van der Waals surface area contributed by atoms with Gasteiger partial charge in [-0.15, -0.1) is 0 Å². The summed E-state index contributed by atoms with van der Waals surface area (Å²) in [6, 6.07) is 5.58. The number of ketones is 1. The molecule has 0 saturated carbocycles. The molecule has 0 radical (unpaired) electrons. The first-order valence-corrected chi connectivity index (χ1v) is 6.52. The molecular weight excluding hydrogens is 242 g/mol. The van der Waals surface area contributed by atoms with Crippen molar-refractivity contribution in [1.82, 2.24) is 5.32 Å². The second-order valence-electron chi connectivity index (χ2n) is 4.65. The Hall–Kier alpha value is -1.68. The molecular formula is C15H21NO3. The van der Waals surface area contributed by atoms with Gasteiger partial charge in [0.1, 0.15) is 0 Å². The fourth-order valence-corrected chi connectivity index (χ4v) is 1.68. The number of carbonyl (C=O) groups is 2. The van der Waals surface area contributed by atoms with E-state index in [0.29, 0.717) is 18.5 Å². The van der Waals surface area contributed by atoms with E-state index in [4.69, 9.17) is 5.11 Å². The van der Waals surface area contributed by atoms with E-state index in [1.165, 1.54) is 0 Å². The minimum Gasteiger partial charge on any atom is -0.396 e. The van der Waals surface area contributed by atoms with Crippen molar-refractivity contribution in [3.63, 3.8) is 0 Å². The number of nitrogens with one attached hydrogen (secondary N) is 1. The second kappa shape index (κ2) is 7.69. The molecule has 0 fully saturated rings. The average molecular weight is 263 g/mol. The third kappa shape index (κ3) is 5.22. The molecule has 0 aliphatic rings. The van der Waals surface area contributed by atoms with E-state index in [-0.39, 0.29) is 31.1 Å². The van der Waals surface area contributed by atoms with Gasteiger partial charge >= 0.3 is 0 Å². The molecule has 0 heterocycles. The van der Waals surface area contributed by atoms with Gasteiger partial charge in [-0.05, 0) is 37.5 Å². The van der Waals surface area contributed by atoms with Crippen molar-refractivity contribution >= 4 is 11.7 Å². The molecule has 104 valence electrons. The Bertz CT molecular complexity index is 455. The van der Waals surface area contributed by atoms with Crippen LogP contribution in [-0.4, -0.2) is 29.9 Å². The molecule has 0 saturated heterocycles. The lowest BCUT2D eigenvalue weighted by Crippen LogP contribution is -2.25. The first-order chi connectivity index (χ1) is 9.04. The fraction of sp³-hybridized carbons (Fsp3) is 0.467. The maximum Gasteiger partial charge on any atom is 0.220 e. The molecule has 0 spiro atoms. The summed E-state index contributed by atoms with van der Waals surface area (Å²) < 4.78 is 0. The number of carbonyl (C=O) groups excluding carboxylic acids is 2. The molecule has 1 amide bonds. The normalized spacial score (nSPS) is 10.3. The standard InChI is InChI=1S/C15H21NO3/c1-11-4-5-13(10-12(11)2)14(18)6-7-15(19)16-8-3-9-17/h4-5,10,17H,3,6-9H2,1-2H3,(H,16,19). The number of aliphatic hydroxyl groups is 1. The molecule has 4 heteroatoms. The van der Waals surface area contributed by atoms with Crippen molar-refractivity contribution in [2.75, 3.05) is 13.2 Å². The molecule has 19 heavy (non-hydrogen) atoms. The van der Waals surface area contributed by atoms with Crippen molar-refractivity contribution in [3.05, 3.63) is 34.9 Å². The molecule has 0 aromatic heterocycles. The lowest BCUT2D eigenvalue weighted by atomic mass is 10.0. The highest BCUT2D eigenvalue weighted by atomic mass is 16.3. The fourth-order valence-electron chi connectivity index (χ4n) is 1.68. The Balaban J connectivity index is 2.42. The highest BCUT2D eigenvalue weighted by Crippen LogP contribution is 2.12. The van der Waals surface area contributed by atoms with Gasteiger partial charge in [0.25, 0.3) is 0 Å². The Morgan fingerprint density at radius 3 is 2.53 bits per heavy atom. The minimum atomic E-state index is -0.148. The number of Topliss-reactive ketones (excluding diaryl/α,β-unsaturated/α-hetero) is 1. The van der Waals surface area contributed by atoms with E-state index in [0.717, 1.165) is 11.1 Å². The Morgan fingerprint density at radius 1 is 1.16 bits per heavy atom. The molecule has 1 rings (SSSR count). The highest BCUT2D eigenvalue weighted by Gasteiger charge is 2.09. The maximum atomic E-state index is 11.9. The minimum absolute atomic E-state index is 0.0135. The maximum absolute atomic E-state index is 11.9. The summed E-state index contributed by atoms with van der Waals surface area (Å²) in [5, 5.41) is 11.2. The number of aliphatic hydroxyl groups excluding tert-OH is 1. The van der Waals surface area contributed by atoms with Gasteiger partial charge in [-0.2, -0.15) is 0 Å². The van der Waals surface area contributed by atoms with Crippen molar-refractivity contribution < 1.29 is 14.7 Å². The lowest BCUT2D eigenvalue weighted by molar-refractivity contribution is -0.121. The third-order valence-corrected chi connectivity index (χ3v) is 3.07. The molecule has 4 nitrogen and oxygen atoms in total. The molecule has 1 aromatic rings. The zero-order valence-electron chi connectivity index (χ0n) is 11.5. The van der Waals surface area contributed by atoms with Crippen LogP contribution < -0.4 is 5.32 Å². The van der Waals surface area contributed by atoms with Crippen molar-refractivity contribution in [3.8, 4) is 0 Å².